The van der Waals surface area contributed by atoms with Crippen molar-refractivity contribution in [2.75, 3.05) is 19.8 Å². The predicted octanol–water partition coefficient (Wildman–Crippen LogP) is 2.10. The van der Waals surface area contributed by atoms with Crippen molar-refractivity contribution in [1.82, 2.24) is 16.0 Å². The Morgan fingerprint density at radius 2 is 1.61 bits per heavy atom. The molecule has 2 bridgehead atoms. The first-order valence-corrected chi connectivity index (χ1v) is 14.2. The van der Waals surface area contributed by atoms with Crippen LogP contribution in [0.1, 0.15) is 77.0 Å². The minimum Gasteiger partial charge on any atom is -0.391 e. The number of alkyl halides is 2. The van der Waals surface area contributed by atoms with E-state index >= 15 is 0 Å². The van der Waals surface area contributed by atoms with Crippen molar-refractivity contribution in [1.29, 1.82) is 0 Å². The van der Waals surface area contributed by atoms with Gasteiger partial charge < -0.3 is 30.5 Å². The number of halogens is 2. The molecule has 204 valence electrons. The second kappa shape index (κ2) is 11.0. The average molecular weight is 530 g/mol. The van der Waals surface area contributed by atoms with Gasteiger partial charge in [-0.1, -0.05) is 0 Å². The topological polar surface area (TPSA) is 109 Å². The summed E-state index contributed by atoms with van der Waals surface area (Å²) < 4.78 is 25.4. The van der Waals surface area contributed by atoms with E-state index in [2.05, 4.69) is 16.0 Å². The number of piperidine rings is 1. The zero-order chi connectivity index (χ0) is 25.3. The van der Waals surface area contributed by atoms with E-state index in [4.69, 9.17) is 21.1 Å². The summed E-state index contributed by atoms with van der Waals surface area (Å²) in [6, 6.07) is 0.609. The number of hydrogen-bond donors (Lipinski definition) is 4. The second-order valence-electron chi connectivity index (χ2n) is 11.9. The summed E-state index contributed by atoms with van der Waals surface area (Å²) in [7, 11) is 0. The smallest absolute Gasteiger partial charge is 0.246 e. The number of carbonyl (C=O) groups is 2. The third kappa shape index (κ3) is 6.17. The Bertz CT molecular complexity index is 798. The highest BCUT2D eigenvalue weighted by Gasteiger charge is 2.55. The lowest BCUT2D eigenvalue weighted by molar-refractivity contribution is -0.141. The third-order valence-corrected chi connectivity index (χ3v) is 9.75. The molecular formula is C26H41ClFN3O5. The Morgan fingerprint density at radius 3 is 2.22 bits per heavy atom. The maximum atomic E-state index is 13.8. The zero-order valence-corrected chi connectivity index (χ0v) is 21.7. The Kier molecular flexibility index (Phi) is 8.13. The van der Waals surface area contributed by atoms with E-state index < -0.39 is 28.7 Å². The molecule has 0 aromatic rings. The van der Waals surface area contributed by atoms with E-state index in [0.29, 0.717) is 51.0 Å². The monoisotopic (exact) mass is 529 g/mol. The largest absolute Gasteiger partial charge is 0.391 e. The summed E-state index contributed by atoms with van der Waals surface area (Å²) in [5.41, 5.74) is -1.16. The SMILES string of the molecule is O=C(COC1CCC(Cl)C(F)C1)NC12CCC(NC(=O)COC3CCC(C4CC4)NC3)(CC1)C(O)C2. The third-order valence-electron chi connectivity index (χ3n) is 9.26. The van der Waals surface area contributed by atoms with Gasteiger partial charge in [0.15, 0.2) is 0 Å². The number of hydrogen-bond acceptors (Lipinski definition) is 6. The van der Waals surface area contributed by atoms with E-state index in [-0.39, 0.29) is 43.7 Å². The lowest BCUT2D eigenvalue weighted by atomic mass is 9.60. The number of rotatable bonds is 9. The molecule has 6 unspecified atom stereocenters. The molecule has 36 heavy (non-hydrogen) atoms. The highest BCUT2D eigenvalue weighted by Crippen LogP contribution is 2.47. The first-order chi connectivity index (χ1) is 17.3. The van der Waals surface area contributed by atoms with Crippen LogP contribution in [0.2, 0.25) is 0 Å². The van der Waals surface area contributed by atoms with Gasteiger partial charge in [-0.2, -0.15) is 0 Å². The van der Waals surface area contributed by atoms with E-state index in [1.807, 2.05) is 0 Å². The van der Waals surface area contributed by atoms with Crippen molar-refractivity contribution < 1.29 is 28.6 Å². The van der Waals surface area contributed by atoms with Crippen LogP contribution in [0.15, 0.2) is 0 Å². The van der Waals surface area contributed by atoms with Gasteiger partial charge in [-0.25, -0.2) is 4.39 Å². The van der Waals surface area contributed by atoms with Gasteiger partial charge in [-0.05, 0) is 76.5 Å². The lowest BCUT2D eigenvalue weighted by Crippen LogP contribution is -2.70. The molecule has 6 aliphatic rings. The molecule has 5 saturated carbocycles. The highest BCUT2D eigenvalue weighted by molar-refractivity contribution is 6.21. The standard InChI is InChI=1S/C26H41ClFN3O5/c27-19-5-3-17(11-20(19)28)35-14-23(33)30-25-7-9-26(10-8-25,22(32)12-25)31-24(34)15-36-18-4-6-21(29-13-18)16-1-2-16/h16-22,29,32H,1-15H2,(H,30,33)(H,31,34). The molecule has 0 aromatic carbocycles. The van der Waals surface area contributed by atoms with Crippen molar-refractivity contribution in [3.63, 3.8) is 0 Å². The second-order valence-corrected chi connectivity index (χ2v) is 12.5. The first-order valence-electron chi connectivity index (χ1n) is 13.8. The van der Waals surface area contributed by atoms with Crippen molar-refractivity contribution in [3.8, 4) is 0 Å². The van der Waals surface area contributed by atoms with E-state index in [1.54, 1.807) is 0 Å². The van der Waals surface area contributed by atoms with Crippen molar-refractivity contribution in [2.24, 2.45) is 5.92 Å². The normalized spacial score (nSPS) is 42.6. The number of aliphatic hydroxyl groups excluding tert-OH is 1. The lowest BCUT2D eigenvalue weighted by Gasteiger charge is -2.56. The van der Waals surface area contributed by atoms with Crippen LogP contribution in [0.5, 0.6) is 0 Å². The molecular weight excluding hydrogens is 489 g/mol. The molecule has 6 atom stereocenters. The maximum Gasteiger partial charge on any atom is 0.246 e. The summed E-state index contributed by atoms with van der Waals surface area (Å²) in [5.74, 6) is 0.391. The summed E-state index contributed by atoms with van der Waals surface area (Å²) in [6.07, 6.45) is 6.98. The van der Waals surface area contributed by atoms with Crippen molar-refractivity contribution in [2.45, 2.75) is 124 Å². The van der Waals surface area contributed by atoms with Gasteiger partial charge >= 0.3 is 0 Å². The van der Waals surface area contributed by atoms with Gasteiger partial charge in [0.2, 0.25) is 11.8 Å². The van der Waals surface area contributed by atoms with Crippen LogP contribution >= 0.6 is 11.6 Å². The molecule has 0 aromatic heterocycles. The van der Waals surface area contributed by atoms with Gasteiger partial charge in [0.25, 0.3) is 0 Å². The van der Waals surface area contributed by atoms with E-state index in [9.17, 15) is 19.1 Å². The molecule has 1 saturated heterocycles. The van der Waals surface area contributed by atoms with Crippen LogP contribution in [0, 0.1) is 5.92 Å². The zero-order valence-electron chi connectivity index (χ0n) is 21.0. The quantitative estimate of drug-likeness (QED) is 0.341. The molecule has 0 spiro atoms. The van der Waals surface area contributed by atoms with E-state index in [0.717, 1.165) is 25.3 Å². The fourth-order valence-electron chi connectivity index (χ4n) is 6.78. The molecule has 4 N–H and O–H groups in total. The van der Waals surface area contributed by atoms with Crippen molar-refractivity contribution in [3.05, 3.63) is 0 Å². The molecule has 6 fully saturated rings. The summed E-state index contributed by atoms with van der Waals surface area (Å²) in [6.45, 7) is 0.662. The number of amides is 2. The maximum absolute atomic E-state index is 13.8. The van der Waals surface area contributed by atoms with Crippen LogP contribution < -0.4 is 16.0 Å². The van der Waals surface area contributed by atoms with Gasteiger partial charge in [-0.15, -0.1) is 11.6 Å². The van der Waals surface area contributed by atoms with Crippen LogP contribution in [-0.4, -0.2) is 83.7 Å². The minimum absolute atomic E-state index is 0.000497. The molecule has 2 amide bonds. The Morgan fingerprint density at radius 1 is 0.944 bits per heavy atom. The summed E-state index contributed by atoms with van der Waals surface area (Å²) in [4.78, 5) is 25.3. The fraction of sp³-hybridized carbons (Fsp3) is 0.923. The number of fused-ring (bicyclic) bond motifs is 3. The van der Waals surface area contributed by atoms with Crippen LogP contribution in [0.25, 0.3) is 0 Å². The Balaban J connectivity index is 1.03. The Labute approximate surface area is 217 Å². The number of aliphatic hydroxyl groups is 1. The van der Waals surface area contributed by atoms with Gasteiger partial charge in [0.05, 0.1) is 29.2 Å². The number of ether oxygens (including phenoxy) is 2. The first kappa shape index (κ1) is 26.6. The average Bonchev–Trinajstić information content (AvgIpc) is 3.71. The van der Waals surface area contributed by atoms with Crippen LogP contribution in [-0.2, 0) is 19.1 Å². The summed E-state index contributed by atoms with van der Waals surface area (Å²) in [5, 5.41) is 20.2. The van der Waals surface area contributed by atoms with E-state index in [1.165, 1.54) is 12.8 Å². The molecule has 10 heteroatoms. The van der Waals surface area contributed by atoms with Gasteiger partial charge in [-0.3, -0.25) is 9.59 Å². The fourth-order valence-corrected chi connectivity index (χ4v) is 7.01. The van der Waals surface area contributed by atoms with Crippen molar-refractivity contribution >= 4 is 23.4 Å². The van der Waals surface area contributed by atoms with Crippen LogP contribution in [0.3, 0.4) is 0 Å². The van der Waals surface area contributed by atoms with Gasteiger partial charge in [0.1, 0.15) is 19.4 Å². The highest BCUT2D eigenvalue weighted by atomic mass is 35.5. The molecule has 0 radical (unpaired) electrons. The molecule has 1 heterocycles. The summed E-state index contributed by atoms with van der Waals surface area (Å²) >= 11 is 5.92. The van der Waals surface area contributed by atoms with Crippen LogP contribution in [0.4, 0.5) is 4.39 Å². The number of nitrogens with one attached hydrogen (secondary N) is 3. The molecule has 6 rings (SSSR count). The van der Waals surface area contributed by atoms with Gasteiger partial charge in [0, 0.05) is 24.5 Å². The molecule has 1 aliphatic heterocycles. The molecule has 8 nitrogen and oxygen atoms in total. The minimum atomic E-state index is -1.10. The molecule has 5 aliphatic carbocycles. The predicted molar refractivity (Wildman–Crippen MR) is 132 cm³/mol. The Hall–Kier alpha value is -1.00. The number of carbonyl (C=O) groups excluding carboxylic acids is 2.